The summed E-state index contributed by atoms with van der Waals surface area (Å²) in [5, 5.41) is 72.0. The summed E-state index contributed by atoms with van der Waals surface area (Å²) in [4.78, 5) is 35.8. The highest BCUT2D eigenvalue weighted by atomic mass is 16.4. The number of carboxylic acid groups (broad SMARTS) is 2. The zero-order valence-electron chi connectivity index (χ0n) is 29.8. The summed E-state index contributed by atoms with van der Waals surface area (Å²) in [6, 6.07) is 0. The van der Waals surface area contributed by atoms with Crippen LogP contribution in [0.1, 0.15) is 113 Å². The molecular weight excluding hydrogens is 620 g/mol. The van der Waals surface area contributed by atoms with Crippen LogP contribution in [0, 0.1) is 50.2 Å². The van der Waals surface area contributed by atoms with Crippen molar-refractivity contribution in [2.75, 3.05) is 6.61 Å². The lowest BCUT2D eigenvalue weighted by molar-refractivity contribution is -0.213. The predicted molar refractivity (Wildman–Crippen MR) is 176 cm³/mol. The highest BCUT2D eigenvalue weighted by molar-refractivity contribution is 5.85. The van der Waals surface area contributed by atoms with E-state index in [-0.39, 0.29) is 27.1 Å². The summed E-state index contributed by atoms with van der Waals surface area (Å²) in [6.07, 6.45) is 2.13. The Morgan fingerprint density at radius 3 is 1.92 bits per heavy atom. The first-order valence-electron chi connectivity index (χ1n) is 17.7. The molecule has 5 aliphatic rings. The van der Waals surface area contributed by atoms with E-state index < -0.39 is 54.5 Å². The van der Waals surface area contributed by atoms with Gasteiger partial charge >= 0.3 is 11.9 Å². The number of carbonyl (C=O) groups is 3. The van der Waals surface area contributed by atoms with Crippen molar-refractivity contribution in [3.05, 3.63) is 11.6 Å². The molecule has 4 fully saturated rings. The van der Waals surface area contributed by atoms with Gasteiger partial charge in [-0.3, -0.25) is 9.59 Å². The summed E-state index contributed by atoms with van der Waals surface area (Å²) in [7, 11) is 0. The molecule has 0 amide bonds. The number of ketones is 1. The lowest BCUT2D eigenvalue weighted by atomic mass is 9.32. The van der Waals surface area contributed by atoms with Crippen LogP contribution in [0.15, 0.2) is 11.6 Å². The van der Waals surface area contributed by atoms with Gasteiger partial charge in [0.15, 0.2) is 6.10 Å². The minimum Gasteiger partial charge on any atom is -0.481 e. The molecule has 0 bridgehead atoms. The minimum absolute atomic E-state index is 0.0850. The fraction of sp³-hybridized carbons (Fsp3) is 0.865. The van der Waals surface area contributed by atoms with Crippen LogP contribution in [0.25, 0.3) is 0 Å². The molecule has 8 N–H and O–H groups in total. The van der Waals surface area contributed by atoms with Crippen LogP contribution < -0.4 is 0 Å². The van der Waals surface area contributed by atoms with Gasteiger partial charge in [0.05, 0.1) is 12.0 Å². The number of carbonyl (C=O) groups excluding carboxylic acids is 1. The second-order valence-corrected chi connectivity index (χ2v) is 17.7. The molecule has 5 aliphatic carbocycles. The first-order valence-corrected chi connectivity index (χ1v) is 17.7. The van der Waals surface area contributed by atoms with Crippen molar-refractivity contribution in [1.82, 2.24) is 0 Å². The highest BCUT2D eigenvalue weighted by Crippen LogP contribution is 2.76. The van der Waals surface area contributed by atoms with Crippen LogP contribution in [0.5, 0.6) is 0 Å². The Morgan fingerprint density at radius 1 is 0.750 bits per heavy atom. The first-order chi connectivity index (χ1) is 22.0. The number of aliphatic carboxylic acids is 2. The maximum absolute atomic E-state index is 12.9. The molecule has 12 atom stereocenters. The third-order valence-corrected chi connectivity index (χ3v) is 14.6. The summed E-state index contributed by atoms with van der Waals surface area (Å²) in [5.74, 6) is -0.437. The van der Waals surface area contributed by atoms with E-state index in [0.717, 1.165) is 51.4 Å². The maximum atomic E-state index is 12.9. The van der Waals surface area contributed by atoms with Crippen LogP contribution in [0.2, 0.25) is 0 Å². The summed E-state index contributed by atoms with van der Waals surface area (Å²) in [6.45, 7) is 15.7. The van der Waals surface area contributed by atoms with Gasteiger partial charge in [-0.15, -0.1) is 0 Å². The average molecular weight is 681 g/mol. The topological polar surface area (TPSA) is 213 Å². The number of fused-ring (bicyclic) bond motifs is 7. The molecule has 274 valence electrons. The lowest BCUT2D eigenvalue weighted by Crippen LogP contribution is -2.65. The fourth-order valence-corrected chi connectivity index (χ4v) is 11.4. The zero-order valence-corrected chi connectivity index (χ0v) is 29.8. The summed E-state index contributed by atoms with van der Waals surface area (Å²) in [5.41, 5.74) is 1.06. The quantitative estimate of drug-likeness (QED) is 0.183. The Bertz CT molecular complexity index is 1290. The summed E-state index contributed by atoms with van der Waals surface area (Å²) >= 11 is 0. The molecule has 11 heteroatoms. The van der Waals surface area contributed by atoms with E-state index in [2.05, 4.69) is 54.5 Å². The second-order valence-electron chi connectivity index (χ2n) is 17.7. The van der Waals surface area contributed by atoms with E-state index >= 15 is 0 Å². The monoisotopic (exact) mass is 680 g/mol. The van der Waals surface area contributed by atoms with Gasteiger partial charge in [0, 0.05) is 11.8 Å². The maximum Gasteiger partial charge on any atom is 0.335 e. The number of hydrogen-bond acceptors (Lipinski definition) is 9. The zero-order chi connectivity index (χ0) is 36.4. The van der Waals surface area contributed by atoms with Gasteiger partial charge in [0.1, 0.15) is 30.2 Å². The van der Waals surface area contributed by atoms with Crippen LogP contribution >= 0.6 is 0 Å². The number of hydrogen-bond donors (Lipinski definition) is 8. The SMILES string of the molecule is CC1(C)C=C2[C@H]3CC[C@@H]4[C@@]5(C)CCC(=O)C(C)(C)[C@@H]5CC[C@@]4(C)[C@]3(C)CC[C@@]2(C(=O)O)CC1.O=C(O)[C@@H](O)[C@@H](O)[C@H](O)[C@H](O)[C@H](O)CO. The molecule has 11 nitrogen and oxygen atoms in total. The number of allylic oxidation sites excluding steroid dienone is 1. The molecule has 0 heterocycles. The van der Waals surface area contributed by atoms with Crippen LogP contribution in [-0.4, -0.2) is 95.7 Å². The molecule has 0 saturated heterocycles. The predicted octanol–water partition coefficient (Wildman–Crippen LogP) is 3.31. The molecule has 48 heavy (non-hydrogen) atoms. The van der Waals surface area contributed by atoms with Crippen molar-refractivity contribution in [3.8, 4) is 0 Å². The van der Waals surface area contributed by atoms with E-state index in [1.165, 1.54) is 18.4 Å². The minimum atomic E-state index is -2.29. The van der Waals surface area contributed by atoms with Crippen molar-refractivity contribution >= 4 is 17.7 Å². The molecule has 4 saturated carbocycles. The van der Waals surface area contributed by atoms with E-state index in [1.807, 2.05) is 0 Å². The number of aliphatic hydroxyl groups is 6. The molecule has 0 aromatic rings. The van der Waals surface area contributed by atoms with E-state index in [1.54, 1.807) is 0 Å². The van der Waals surface area contributed by atoms with Crippen molar-refractivity contribution < 1.29 is 55.2 Å². The van der Waals surface area contributed by atoms with Crippen LogP contribution in [0.4, 0.5) is 0 Å². The molecule has 0 unspecified atom stereocenters. The van der Waals surface area contributed by atoms with E-state index in [4.69, 9.17) is 35.7 Å². The Balaban J connectivity index is 0.000000295. The van der Waals surface area contributed by atoms with Gasteiger partial charge in [0.2, 0.25) is 0 Å². The Morgan fingerprint density at radius 2 is 1.35 bits per heavy atom. The Hall–Kier alpha value is -1.89. The first kappa shape index (κ1) is 38.9. The molecule has 0 aliphatic heterocycles. The standard InChI is InChI=1S/C30H46O3.C7H14O8/c1-25(2)14-16-30(24(32)33)17-15-28(6)19(20(30)18-25)8-9-22-27(5)12-11-23(31)26(3,4)21(27)10-13-29(22,28)7;8-1-2(9)3(10)4(11)5(12)6(13)7(14)15/h18-19,21-22H,8-17H2,1-7H3,(H,32,33);2-6,8-13H,1H2,(H,14,15)/t19-,21+,22-,27+,28-,29-,30+;2-,3-,4-,5+,6+/m11/s1. The molecule has 5 rings (SSSR count). The van der Waals surface area contributed by atoms with Gasteiger partial charge in [0.25, 0.3) is 0 Å². The summed E-state index contributed by atoms with van der Waals surface area (Å²) < 4.78 is 0. The molecule has 0 aromatic carbocycles. The second kappa shape index (κ2) is 13.0. The van der Waals surface area contributed by atoms with Crippen molar-refractivity contribution in [2.24, 2.45) is 50.2 Å². The molecule has 0 aromatic heterocycles. The van der Waals surface area contributed by atoms with Crippen molar-refractivity contribution in [1.29, 1.82) is 0 Å². The number of aliphatic hydroxyl groups excluding tert-OH is 6. The lowest BCUT2D eigenvalue weighted by Gasteiger charge is -2.71. The van der Waals surface area contributed by atoms with Gasteiger partial charge in [-0.1, -0.05) is 60.1 Å². The Kier molecular flexibility index (Phi) is 10.6. The van der Waals surface area contributed by atoms with Gasteiger partial charge in [-0.2, -0.15) is 0 Å². The van der Waals surface area contributed by atoms with Crippen molar-refractivity contribution in [3.63, 3.8) is 0 Å². The van der Waals surface area contributed by atoms with Gasteiger partial charge in [-0.25, -0.2) is 4.79 Å². The fourth-order valence-electron chi connectivity index (χ4n) is 11.4. The molecular formula is C37H60O11. The largest absolute Gasteiger partial charge is 0.481 e. The highest BCUT2D eigenvalue weighted by Gasteiger charge is 2.69. The van der Waals surface area contributed by atoms with E-state index in [9.17, 15) is 19.5 Å². The normalized spacial score (nSPS) is 41.2. The average Bonchev–Trinajstić information content (AvgIpc) is 3.01. The number of carboxylic acids is 2. The van der Waals surface area contributed by atoms with Crippen molar-refractivity contribution in [2.45, 2.75) is 143 Å². The Labute approximate surface area is 284 Å². The van der Waals surface area contributed by atoms with Gasteiger partial charge < -0.3 is 40.9 Å². The van der Waals surface area contributed by atoms with Crippen LogP contribution in [0.3, 0.4) is 0 Å². The third kappa shape index (κ3) is 5.98. The van der Waals surface area contributed by atoms with Gasteiger partial charge in [-0.05, 0) is 97.2 Å². The molecule has 0 spiro atoms. The third-order valence-electron chi connectivity index (χ3n) is 14.6. The number of rotatable bonds is 7. The van der Waals surface area contributed by atoms with E-state index in [0.29, 0.717) is 23.5 Å². The number of Topliss-reactive ketones (excluding diaryl/α,β-unsaturated/α-hetero) is 1. The smallest absolute Gasteiger partial charge is 0.335 e. The van der Waals surface area contributed by atoms with Crippen LogP contribution in [-0.2, 0) is 14.4 Å². The molecule has 0 radical (unpaired) electrons.